The molecular weight excluding hydrogens is 160 g/mol. The van der Waals surface area contributed by atoms with Crippen molar-refractivity contribution in [2.45, 2.75) is 32.3 Å². The van der Waals surface area contributed by atoms with Crippen molar-refractivity contribution in [3.05, 3.63) is 0 Å². The van der Waals surface area contributed by atoms with Crippen molar-refractivity contribution >= 4 is 0 Å². The monoisotopic (exact) mass is 178 g/mol. The van der Waals surface area contributed by atoms with E-state index in [-0.39, 0.29) is 19.0 Å². The van der Waals surface area contributed by atoms with Crippen molar-refractivity contribution in [1.82, 2.24) is 0 Å². The molecule has 3 atom stereocenters. The van der Waals surface area contributed by atoms with Crippen LogP contribution in [-0.2, 0) is 14.2 Å². The van der Waals surface area contributed by atoms with E-state index in [1.54, 1.807) is 21.0 Å². The van der Waals surface area contributed by atoms with Crippen LogP contribution in [-0.4, -0.2) is 44.4 Å². The zero-order chi connectivity index (χ0) is 9.56. The Hall–Kier alpha value is -0.160. The van der Waals surface area contributed by atoms with Crippen LogP contribution in [0.2, 0.25) is 0 Å². The molecular formula is C8H18O4. The first-order valence-corrected chi connectivity index (χ1v) is 3.97. The number of methoxy groups -OCH3 is 2. The molecule has 0 spiro atoms. The topological polar surface area (TPSA) is 47.9 Å². The third-order valence-electron chi connectivity index (χ3n) is 1.62. The first-order valence-electron chi connectivity index (χ1n) is 3.97. The summed E-state index contributed by atoms with van der Waals surface area (Å²) in [7, 11) is 3.09. The Labute approximate surface area is 73.4 Å². The molecule has 0 aliphatic carbocycles. The average molecular weight is 178 g/mol. The Morgan fingerprint density at radius 1 is 1.25 bits per heavy atom. The van der Waals surface area contributed by atoms with Crippen LogP contribution in [0.3, 0.4) is 0 Å². The maximum absolute atomic E-state index is 9.36. The Bertz CT molecular complexity index is 107. The first-order chi connectivity index (χ1) is 5.61. The summed E-state index contributed by atoms with van der Waals surface area (Å²) < 4.78 is 14.9. The van der Waals surface area contributed by atoms with Crippen LogP contribution in [0.15, 0.2) is 0 Å². The van der Waals surface area contributed by atoms with Gasteiger partial charge < -0.3 is 19.3 Å². The van der Waals surface area contributed by atoms with Gasteiger partial charge in [0.1, 0.15) is 6.10 Å². The van der Waals surface area contributed by atoms with E-state index < -0.39 is 6.10 Å². The Balaban J connectivity index is 3.62. The van der Waals surface area contributed by atoms with Gasteiger partial charge in [0.05, 0.1) is 12.7 Å². The van der Waals surface area contributed by atoms with E-state index in [1.165, 1.54) is 7.11 Å². The molecule has 0 heterocycles. The van der Waals surface area contributed by atoms with Crippen LogP contribution in [0.4, 0.5) is 0 Å². The highest BCUT2D eigenvalue weighted by Gasteiger charge is 2.16. The Kier molecular flexibility index (Phi) is 6.28. The van der Waals surface area contributed by atoms with Gasteiger partial charge in [0.25, 0.3) is 0 Å². The molecule has 0 saturated carbocycles. The maximum Gasteiger partial charge on any atom is 0.154 e. The SMILES string of the molecule is COC[C@@H](O)C(C)O[C@@H](C)OC. The molecule has 0 aromatic heterocycles. The lowest BCUT2D eigenvalue weighted by atomic mass is 10.2. The van der Waals surface area contributed by atoms with Gasteiger partial charge in [0.2, 0.25) is 0 Å². The third kappa shape index (κ3) is 4.66. The lowest BCUT2D eigenvalue weighted by Gasteiger charge is -2.21. The average Bonchev–Trinajstić information content (AvgIpc) is 2.04. The molecule has 0 radical (unpaired) electrons. The summed E-state index contributed by atoms with van der Waals surface area (Å²) in [5.41, 5.74) is 0. The standard InChI is InChI=1S/C8H18O4/c1-6(8(9)5-10-3)12-7(2)11-4/h6-9H,5H2,1-4H3/t6?,7-,8+/m0/s1. The van der Waals surface area contributed by atoms with Crippen molar-refractivity contribution in [3.8, 4) is 0 Å². The van der Waals surface area contributed by atoms with Crippen LogP contribution in [0.5, 0.6) is 0 Å². The van der Waals surface area contributed by atoms with E-state index in [0.717, 1.165) is 0 Å². The quantitative estimate of drug-likeness (QED) is 0.598. The summed E-state index contributed by atoms with van der Waals surface area (Å²) in [5, 5.41) is 9.36. The van der Waals surface area contributed by atoms with Gasteiger partial charge in [-0.25, -0.2) is 0 Å². The minimum atomic E-state index is -0.604. The number of hydrogen-bond donors (Lipinski definition) is 1. The highest BCUT2D eigenvalue weighted by Crippen LogP contribution is 2.03. The predicted octanol–water partition coefficient (Wildman–Crippen LogP) is 0.391. The van der Waals surface area contributed by atoms with E-state index in [2.05, 4.69) is 0 Å². The highest BCUT2D eigenvalue weighted by atomic mass is 16.7. The van der Waals surface area contributed by atoms with Gasteiger partial charge in [-0.05, 0) is 13.8 Å². The number of aliphatic hydroxyl groups excluding tert-OH is 1. The zero-order valence-corrected chi connectivity index (χ0v) is 8.11. The minimum absolute atomic E-state index is 0.275. The fourth-order valence-corrected chi connectivity index (χ4v) is 0.755. The van der Waals surface area contributed by atoms with E-state index >= 15 is 0 Å². The van der Waals surface area contributed by atoms with Crippen LogP contribution >= 0.6 is 0 Å². The molecule has 0 aromatic carbocycles. The molecule has 74 valence electrons. The number of rotatable bonds is 6. The molecule has 0 fully saturated rings. The largest absolute Gasteiger partial charge is 0.388 e. The van der Waals surface area contributed by atoms with Gasteiger partial charge in [-0.3, -0.25) is 0 Å². The molecule has 0 bridgehead atoms. The van der Waals surface area contributed by atoms with Crippen molar-refractivity contribution in [1.29, 1.82) is 0 Å². The summed E-state index contributed by atoms with van der Waals surface area (Å²) in [4.78, 5) is 0. The lowest BCUT2D eigenvalue weighted by molar-refractivity contribution is -0.170. The number of hydrogen-bond acceptors (Lipinski definition) is 4. The highest BCUT2D eigenvalue weighted by molar-refractivity contribution is 4.62. The van der Waals surface area contributed by atoms with Gasteiger partial charge >= 0.3 is 0 Å². The van der Waals surface area contributed by atoms with Crippen molar-refractivity contribution in [3.63, 3.8) is 0 Å². The second kappa shape index (κ2) is 6.37. The van der Waals surface area contributed by atoms with Gasteiger partial charge in [0, 0.05) is 14.2 Å². The summed E-state index contributed by atoms with van der Waals surface area (Å²) in [6.45, 7) is 3.83. The fourth-order valence-electron chi connectivity index (χ4n) is 0.755. The molecule has 0 rings (SSSR count). The molecule has 1 N–H and O–H groups in total. The second-order valence-electron chi connectivity index (χ2n) is 2.67. The molecule has 0 aliphatic heterocycles. The minimum Gasteiger partial charge on any atom is -0.388 e. The van der Waals surface area contributed by atoms with E-state index in [9.17, 15) is 5.11 Å². The van der Waals surface area contributed by atoms with E-state index in [0.29, 0.717) is 0 Å². The van der Waals surface area contributed by atoms with Crippen LogP contribution in [0.1, 0.15) is 13.8 Å². The normalized spacial score (nSPS) is 18.8. The van der Waals surface area contributed by atoms with Crippen molar-refractivity contribution in [2.24, 2.45) is 0 Å². The Morgan fingerprint density at radius 2 is 1.83 bits per heavy atom. The van der Waals surface area contributed by atoms with Gasteiger partial charge in [0.15, 0.2) is 6.29 Å². The fraction of sp³-hybridized carbons (Fsp3) is 1.00. The molecule has 0 aliphatic rings. The van der Waals surface area contributed by atoms with E-state index in [4.69, 9.17) is 14.2 Å². The molecule has 1 unspecified atom stereocenters. The van der Waals surface area contributed by atoms with Gasteiger partial charge in [-0.1, -0.05) is 0 Å². The molecule has 0 amide bonds. The van der Waals surface area contributed by atoms with Crippen molar-refractivity contribution in [2.75, 3.05) is 20.8 Å². The summed E-state index contributed by atoms with van der Waals surface area (Å²) in [6, 6.07) is 0. The summed E-state index contributed by atoms with van der Waals surface area (Å²) in [6.07, 6.45) is -1.18. The van der Waals surface area contributed by atoms with Gasteiger partial charge in [-0.15, -0.1) is 0 Å². The smallest absolute Gasteiger partial charge is 0.154 e. The third-order valence-corrected chi connectivity index (χ3v) is 1.62. The first kappa shape index (κ1) is 11.8. The summed E-state index contributed by atoms with van der Waals surface area (Å²) in [5.74, 6) is 0. The Morgan fingerprint density at radius 3 is 2.25 bits per heavy atom. The van der Waals surface area contributed by atoms with Crippen molar-refractivity contribution < 1.29 is 19.3 Å². The molecule has 0 saturated heterocycles. The second-order valence-corrected chi connectivity index (χ2v) is 2.67. The molecule has 12 heavy (non-hydrogen) atoms. The maximum atomic E-state index is 9.36. The molecule has 4 nitrogen and oxygen atoms in total. The van der Waals surface area contributed by atoms with Gasteiger partial charge in [-0.2, -0.15) is 0 Å². The molecule has 0 aromatic rings. The predicted molar refractivity (Wildman–Crippen MR) is 44.9 cm³/mol. The van der Waals surface area contributed by atoms with Crippen LogP contribution < -0.4 is 0 Å². The number of aliphatic hydroxyl groups is 1. The number of ether oxygens (including phenoxy) is 3. The molecule has 4 heteroatoms. The lowest BCUT2D eigenvalue weighted by Crippen LogP contribution is -2.33. The summed E-state index contributed by atoms with van der Waals surface area (Å²) >= 11 is 0. The van der Waals surface area contributed by atoms with E-state index in [1.807, 2.05) is 0 Å². The zero-order valence-electron chi connectivity index (χ0n) is 8.11. The van der Waals surface area contributed by atoms with Crippen LogP contribution in [0, 0.1) is 0 Å². The van der Waals surface area contributed by atoms with Crippen LogP contribution in [0.25, 0.3) is 0 Å².